The maximum Gasteiger partial charge on any atom is 0.267 e. The minimum atomic E-state index is -0.562. The second-order valence-electron chi connectivity index (χ2n) is 4.42. The number of nitrogens with two attached hydrogens (primary N) is 1. The Morgan fingerprint density at radius 2 is 2.16 bits per heavy atom. The van der Waals surface area contributed by atoms with Crippen LogP contribution in [0.15, 0.2) is 24.3 Å². The Hall–Kier alpha value is -1.75. The summed E-state index contributed by atoms with van der Waals surface area (Å²) >= 11 is 0. The summed E-state index contributed by atoms with van der Waals surface area (Å²) in [5.74, 6) is 1.28. The Morgan fingerprint density at radius 3 is 2.84 bits per heavy atom. The zero-order valence-electron chi connectivity index (χ0n) is 11.2. The lowest BCUT2D eigenvalue weighted by Gasteiger charge is -2.30. The summed E-state index contributed by atoms with van der Waals surface area (Å²) in [4.78, 5) is 14.1. The highest BCUT2D eigenvalue weighted by atomic mass is 16.6. The summed E-state index contributed by atoms with van der Waals surface area (Å²) in [7, 11) is 0. The van der Waals surface area contributed by atoms with E-state index in [1.807, 2.05) is 31.2 Å². The van der Waals surface area contributed by atoms with Crippen LogP contribution >= 0.6 is 0 Å². The Bertz CT molecular complexity index is 436. The Balaban J connectivity index is 2.01. The van der Waals surface area contributed by atoms with Crippen LogP contribution in [-0.2, 0) is 4.79 Å². The third-order valence-electron chi connectivity index (χ3n) is 3.11. The predicted molar refractivity (Wildman–Crippen MR) is 72.3 cm³/mol. The van der Waals surface area contributed by atoms with Crippen LogP contribution < -0.4 is 15.2 Å². The van der Waals surface area contributed by atoms with E-state index < -0.39 is 6.10 Å². The van der Waals surface area contributed by atoms with Crippen LogP contribution in [0.2, 0.25) is 0 Å². The van der Waals surface area contributed by atoms with Gasteiger partial charge in [0.15, 0.2) is 11.5 Å². The molecule has 0 saturated carbocycles. The van der Waals surface area contributed by atoms with Crippen molar-refractivity contribution in [3.05, 3.63) is 24.3 Å². The molecule has 1 aliphatic rings. The summed E-state index contributed by atoms with van der Waals surface area (Å²) in [5.41, 5.74) is 5.48. The molecule has 0 spiro atoms. The van der Waals surface area contributed by atoms with Gasteiger partial charge in [0.2, 0.25) is 6.10 Å². The molecule has 5 heteroatoms. The minimum Gasteiger partial charge on any atom is -0.485 e. The van der Waals surface area contributed by atoms with E-state index in [9.17, 15) is 4.79 Å². The summed E-state index contributed by atoms with van der Waals surface area (Å²) in [6, 6.07) is 7.39. The van der Waals surface area contributed by atoms with E-state index >= 15 is 0 Å². The Labute approximate surface area is 113 Å². The van der Waals surface area contributed by atoms with Crippen molar-refractivity contribution in [2.75, 3.05) is 26.2 Å². The van der Waals surface area contributed by atoms with Crippen molar-refractivity contribution in [1.29, 1.82) is 0 Å². The lowest BCUT2D eigenvalue weighted by atomic mass is 10.2. The van der Waals surface area contributed by atoms with Gasteiger partial charge in [-0.25, -0.2) is 0 Å². The standard InChI is InChI=1S/C14H20N2O3/c1-2-16(9-5-8-15)14(17)13-10-18-11-6-3-4-7-12(11)19-13/h3-4,6-7,13H,2,5,8-10,15H2,1H3. The van der Waals surface area contributed by atoms with Gasteiger partial charge in [0.25, 0.3) is 5.91 Å². The first kappa shape index (κ1) is 13.7. The number of carbonyl (C=O) groups is 1. The third kappa shape index (κ3) is 3.17. The number of likely N-dealkylation sites (N-methyl/N-ethyl adjacent to an activating group) is 1. The number of amides is 1. The van der Waals surface area contributed by atoms with E-state index in [1.54, 1.807) is 4.90 Å². The van der Waals surface area contributed by atoms with Gasteiger partial charge in [0, 0.05) is 13.1 Å². The van der Waals surface area contributed by atoms with Gasteiger partial charge in [0.1, 0.15) is 6.61 Å². The maximum atomic E-state index is 12.3. The Morgan fingerprint density at radius 1 is 1.42 bits per heavy atom. The summed E-state index contributed by atoms with van der Waals surface area (Å²) < 4.78 is 11.3. The first-order valence-corrected chi connectivity index (χ1v) is 6.63. The van der Waals surface area contributed by atoms with E-state index in [2.05, 4.69) is 0 Å². The summed E-state index contributed by atoms with van der Waals surface area (Å²) in [6.07, 6.45) is 0.233. The van der Waals surface area contributed by atoms with Crippen LogP contribution in [-0.4, -0.2) is 43.2 Å². The molecular weight excluding hydrogens is 244 g/mol. The van der Waals surface area contributed by atoms with Crippen molar-refractivity contribution in [2.24, 2.45) is 5.73 Å². The van der Waals surface area contributed by atoms with Crippen LogP contribution in [0.4, 0.5) is 0 Å². The fourth-order valence-electron chi connectivity index (χ4n) is 2.05. The van der Waals surface area contributed by atoms with Crippen molar-refractivity contribution >= 4 is 5.91 Å². The van der Waals surface area contributed by atoms with Gasteiger partial charge in [-0.05, 0) is 32.0 Å². The molecule has 0 radical (unpaired) electrons. The van der Waals surface area contributed by atoms with Crippen LogP contribution in [0.5, 0.6) is 11.5 Å². The molecule has 1 amide bonds. The van der Waals surface area contributed by atoms with Gasteiger partial charge in [-0.3, -0.25) is 4.79 Å². The number of ether oxygens (including phenoxy) is 2. The molecule has 1 aliphatic heterocycles. The van der Waals surface area contributed by atoms with Crippen molar-refractivity contribution < 1.29 is 14.3 Å². The molecular formula is C14H20N2O3. The van der Waals surface area contributed by atoms with Gasteiger partial charge < -0.3 is 20.1 Å². The second kappa shape index (κ2) is 6.43. The molecule has 1 atom stereocenters. The molecule has 0 bridgehead atoms. The molecule has 0 aliphatic carbocycles. The molecule has 1 aromatic rings. The molecule has 2 N–H and O–H groups in total. The van der Waals surface area contributed by atoms with Crippen LogP contribution in [0.1, 0.15) is 13.3 Å². The zero-order chi connectivity index (χ0) is 13.7. The largest absolute Gasteiger partial charge is 0.485 e. The van der Waals surface area contributed by atoms with Crippen molar-refractivity contribution in [1.82, 2.24) is 4.90 Å². The van der Waals surface area contributed by atoms with Crippen molar-refractivity contribution in [2.45, 2.75) is 19.4 Å². The molecule has 0 saturated heterocycles. The molecule has 1 aromatic carbocycles. The number of hydrogen-bond acceptors (Lipinski definition) is 4. The normalized spacial score (nSPS) is 17.1. The number of carbonyl (C=O) groups excluding carboxylic acids is 1. The average molecular weight is 264 g/mol. The van der Waals surface area contributed by atoms with E-state index in [0.717, 1.165) is 6.42 Å². The summed E-state index contributed by atoms with van der Waals surface area (Å²) in [5, 5.41) is 0. The quantitative estimate of drug-likeness (QED) is 0.862. The predicted octanol–water partition coefficient (Wildman–Crippen LogP) is 1.02. The zero-order valence-corrected chi connectivity index (χ0v) is 11.2. The lowest BCUT2D eigenvalue weighted by molar-refractivity contribution is -0.141. The number of para-hydroxylation sites is 2. The molecule has 1 unspecified atom stereocenters. The topological polar surface area (TPSA) is 64.8 Å². The highest BCUT2D eigenvalue weighted by molar-refractivity contribution is 5.81. The van der Waals surface area contributed by atoms with Crippen molar-refractivity contribution in [3.63, 3.8) is 0 Å². The SMILES string of the molecule is CCN(CCCN)C(=O)C1COc2ccccc2O1. The number of fused-ring (bicyclic) bond motifs is 1. The number of benzene rings is 1. The third-order valence-corrected chi connectivity index (χ3v) is 3.11. The van der Waals surface area contributed by atoms with Gasteiger partial charge in [-0.1, -0.05) is 12.1 Å². The first-order valence-electron chi connectivity index (χ1n) is 6.63. The van der Waals surface area contributed by atoms with E-state index in [-0.39, 0.29) is 12.5 Å². The molecule has 1 heterocycles. The fraction of sp³-hybridized carbons (Fsp3) is 0.500. The highest BCUT2D eigenvalue weighted by Crippen LogP contribution is 2.31. The van der Waals surface area contributed by atoms with Gasteiger partial charge >= 0.3 is 0 Å². The number of rotatable bonds is 5. The van der Waals surface area contributed by atoms with E-state index in [0.29, 0.717) is 31.1 Å². The van der Waals surface area contributed by atoms with Gasteiger partial charge in [0.05, 0.1) is 0 Å². The van der Waals surface area contributed by atoms with Crippen molar-refractivity contribution in [3.8, 4) is 11.5 Å². The van der Waals surface area contributed by atoms with E-state index in [4.69, 9.17) is 15.2 Å². The monoisotopic (exact) mass is 264 g/mol. The Kier molecular flexibility index (Phi) is 4.63. The number of nitrogens with zero attached hydrogens (tertiary/aromatic N) is 1. The van der Waals surface area contributed by atoms with E-state index in [1.165, 1.54) is 0 Å². The maximum absolute atomic E-state index is 12.3. The average Bonchev–Trinajstić information content (AvgIpc) is 2.47. The highest BCUT2D eigenvalue weighted by Gasteiger charge is 2.30. The second-order valence-corrected chi connectivity index (χ2v) is 4.42. The number of hydrogen-bond donors (Lipinski definition) is 1. The van der Waals surface area contributed by atoms with Gasteiger partial charge in [-0.2, -0.15) is 0 Å². The molecule has 2 rings (SSSR count). The molecule has 5 nitrogen and oxygen atoms in total. The molecule has 0 fully saturated rings. The van der Waals surface area contributed by atoms with Crippen LogP contribution in [0.25, 0.3) is 0 Å². The first-order chi connectivity index (χ1) is 9.26. The lowest BCUT2D eigenvalue weighted by Crippen LogP contribution is -2.46. The summed E-state index contributed by atoms with van der Waals surface area (Å²) in [6.45, 7) is 4.10. The molecule has 0 aromatic heterocycles. The minimum absolute atomic E-state index is 0.0366. The van der Waals surface area contributed by atoms with Crippen LogP contribution in [0, 0.1) is 0 Å². The molecule has 104 valence electrons. The fourth-order valence-corrected chi connectivity index (χ4v) is 2.05. The smallest absolute Gasteiger partial charge is 0.267 e. The molecule has 19 heavy (non-hydrogen) atoms. The van der Waals surface area contributed by atoms with Crippen LogP contribution in [0.3, 0.4) is 0 Å². The van der Waals surface area contributed by atoms with Gasteiger partial charge in [-0.15, -0.1) is 0 Å².